The second kappa shape index (κ2) is 8.78. The minimum atomic E-state index is -1.51. The van der Waals surface area contributed by atoms with Gasteiger partial charge in [-0.25, -0.2) is 9.18 Å². The summed E-state index contributed by atoms with van der Waals surface area (Å²) in [7, 11) is 0. The van der Waals surface area contributed by atoms with Crippen LogP contribution in [0.5, 0.6) is 11.5 Å². The highest BCUT2D eigenvalue weighted by molar-refractivity contribution is 6.13. The molecular weight excluding hydrogens is 415 g/mol. The molecule has 1 N–H and O–H groups in total. The first-order valence-electron chi connectivity index (χ1n) is 10.2. The maximum atomic E-state index is 14.5. The van der Waals surface area contributed by atoms with Crippen LogP contribution in [0.15, 0.2) is 59.7 Å². The lowest BCUT2D eigenvalue weighted by Gasteiger charge is -2.20. The lowest BCUT2D eigenvalue weighted by atomic mass is 9.90. The van der Waals surface area contributed by atoms with E-state index in [4.69, 9.17) is 14.6 Å². The van der Waals surface area contributed by atoms with Gasteiger partial charge in [0.05, 0.1) is 11.1 Å². The predicted molar refractivity (Wildman–Crippen MR) is 114 cm³/mol. The standard InChI is InChI=1S/C25H21FO6/c1-14-8-15-4-2-6-21(23(15)19(27)9-14)31-12-18(26)13-32-22-7-3-5-16-10-17(25(29)30)11-20(28)24(16)22/h2-7,9,11,18H,8,10,12-13H2,1H3,(H,29,30). The number of alkyl halides is 1. The maximum Gasteiger partial charge on any atom is 0.332 e. The Bertz CT molecular complexity index is 1180. The number of benzene rings is 2. The first-order valence-corrected chi connectivity index (χ1v) is 10.2. The van der Waals surface area contributed by atoms with E-state index in [1.807, 2.05) is 13.0 Å². The minimum absolute atomic E-state index is 0.00203. The van der Waals surface area contributed by atoms with Gasteiger partial charge in [-0.2, -0.15) is 0 Å². The number of carboxylic acids is 1. The molecule has 1 unspecified atom stereocenters. The van der Waals surface area contributed by atoms with Crippen molar-refractivity contribution in [3.63, 3.8) is 0 Å². The number of fused-ring (bicyclic) bond motifs is 2. The van der Waals surface area contributed by atoms with Crippen LogP contribution in [-0.4, -0.2) is 42.0 Å². The van der Waals surface area contributed by atoms with Crippen LogP contribution in [0.4, 0.5) is 4.39 Å². The number of rotatable bonds is 7. The molecule has 0 aliphatic heterocycles. The Labute approximate surface area is 184 Å². The van der Waals surface area contributed by atoms with E-state index in [2.05, 4.69) is 0 Å². The van der Waals surface area contributed by atoms with Gasteiger partial charge in [0.25, 0.3) is 0 Å². The van der Waals surface area contributed by atoms with Gasteiger partial charge < -0.3 is 14.6 Å². The van der Waals surface area contributed by atoms with Gasteiger partial charge in [0.2, 0.25) is 0 Å². The molecule has 0 heterocycles. The van der Waals surface area contributed by atoms with Crippen LogP contribution in [0.3, 0.4) is 0 Å². The second-order valence-corrected chi connectivity index (χ2v) is 7.85. The Morgan fingerprint density at radius 2 is 1.47 bits per heavy atom. The van der Waals surface area contributed by atoms with E-state index in [0.29, 0.717) is 23.3 Å². The number of aliphatic carboxylic acids is 1. The van der Waals surface area contributed by atoms with Crippen LogP contribution in [0.2, 0.25) is 0 Å². The molecule has 0 fully saturated rings. The minimum Gasteiger partial charge on any atom is -0.490 e. The molecule has 0 radical (unpaired) electrons. The summed E-state index contributed by atoms with van der Waals surface area (Å²) >= 11 is 0. The summed E-state index contributed by atoms with van der Waals surface area (Å²) in [5.74, 6) is -1.26. The molecule has 2 aliphatic carbocycles. The molecule has 4 rings (SSSR count). The number of ketones is 2. The molecule has 0 bridgehead atoms. The molecule has 0 saturated heterocycles. The first-order chi connectivity index (χ1) is 15.3. The highest BCUT2D eigenvalue weighted by Crippen LogP contribution is 2.31. The molecule has 164 valence electrons. The Kier molecular flexibility index (Phi) is 5.90. The SMILES string of the molecule is CC1=CC(=O)c2c(cccc2OCC(F)COc2cccc3c2C(=O)C=C(C(=O)O)C3)C1. The number of hydrogen-bond donors (Lipinski definition) is 1. The third-order valence-corrected chi connectivity index (χ3v) is 5.36. The zero-order valence-corrected chi connectivity index (χ0v) is 17.4. The van der Waals surface area contributed by atoms with Crippen molar-refractivity contribution in [1.29, 1.82) is 0 Å². The highest BCUT2D eigenvalue weighted by Gasteiger charge is 2.26. The first kappa shape index (κ1) is 21.5. The van der Waals surface area contributed by atoms with Crippen molar-refractivity contribution < 1.29 is 33.4 Å². The molecule has 6 nitrogen and oxygen atoms in total. The van der Waals surface area contributed by atoms with Crippen molar-refractivity contribution in [2.75, 3.05) is 13.2 Å². The van der Waals surface area contributed by atoms with Gasteiger partial charge in [-0.1, -0.05) is 29.8 Å². The zero-order chi connectivity index (χ0) is 22.8. The summed E-state index contributed by atoms with van der Waals surface area (Å²) < 4.78 is 25.7. The normalized spacial score (nSPS) is 15.8. The molecule has 32 heavy (non-hydrogen) atoms. The van der Waals surface area contributed by atoms with Crippen molar-refractivity contribution in [1.82, 2.24) is 0 Å². The van der Waals surface area contributed by atoms with E-state index in [1.165, 1.54) is 0 Å². The van der Waals surface area contributed by atoms with Crippen LogP contribution < -0.4 is 9.47 Å². The fraction of sp³-hybridized carbons (Fsp3) is 0.240. The van der Waals surface area contributed by atoms with Gasteiger partial charge in [0.1, 0.15) is 24.7 Å². The highest BCUT2D eigenvalue weighted by atomic mass is 19.1. The smallest absolute Gasteiger partial charge is 0.332 e. The Morgan fingerprint density at radius 1 is 0.938 bits per heavy atom. The third-order valence-electron chi connectivity index (χ3n) is 5.36. The molecule has 0 aromatic heterocycles. The van der Waals surface area contributed by atoms with Crippen LogP contribution >= 0.6 is 0 Å². The van der Waals surface area contributed by atoms with Crippen LogP contribution in [-0.2, 0) is 17.6 Å². The van der Waals surface area contributed by atoms with Gasteiger partial charge in [0, 0.05) is 12.0 Å². The van der Waals surface area contributed by atoms with Crippen molar-refractivity contribution >= 4 is 17.5 Å². The lowest BCUT2D eigenvalue weighted by molar-refractivity contribution is -0.132. The number of carbonyl (C=O) groups is 3. The number of ether oxygens (including phenoxy) is 2. The Hall–Kier alpha value is -3.74. The van der Waals surface area contributed by atoms with Crippen molar-refractivity contribution in [2.24, 2.45) is 0 Å². The Morgan fingerprint density at radius 3 is 2.03 bits per heavy atom. The molecule has 0 amide bonds. The van der Waals surface area contributed by atoms with Gasteiger partial charge in [-0.3, -0.25) is 9.59 Å². The monoisotopic (exact) mass is 436 g/mol. The summed E-state index contributed by atoms with van der Waals surface area (Å²) in [5, 5.41) is 9.14. The molecule has 0 saturated carbocycles. The molecule has 2 aromatic carbocycles. The van der Waals surface area contributed by atoms with Gasteiger partial charge >= 0.3 is 5.97 Å². The molecule has 2 aliphatic rings. The topological polar surface area (TPSA) is 89.9 Å². The van der Waals surface area contributed by atoms with Gasteiger partial charge in [-0.15, -0.1) is 0 Å². The summed E-state index contributed by atoms with van der Waals surface area (Å²) in [4.78, 5) is 35.9. The van der Waals surface area contributed by atoms with Crippen LogP contribution in [0.1, 0.15) is 38.8 Å². The molecule has 7 heteroatoms. The van der Waals surface area contributed by atoms with Crippen LogP contribution in [0, 0.1) is 0 Å². The number of allylic oxidation sites excluding steroid dienone is 3. The van der Waals surface area contributed by atoms with Gasteiger partial charge in [-0.05, 0) is 48.8 Å². The summed E-state index contributed by atoms with van der Waals surface area (Å²) in [6, 6.07) is 10.1. The van der Waals surface area contributed by atoms with E-state index in [9.17, 15) is 18.8 Å². The number of hydrogen-bond acceptors (Lipinski definition) is 5. The van der Waals surface area contributed by atoms with E-state index in [-0.39, 0.29) is 42.3 Å². The zero-order valence-electron chi connectivity index (χ0n) is 17.4. The van der Waals surface area contributed by atoms with E-state index in [1.54, 1.807) is 36.4 Å². The largest absolute Gasteiger partial charge is 0.490 e. The number of carbonyl (C=O) groups excluding carboxylic acids is 2. The molecule has 1 atom stereocenters. The summed E-state index contributed by atoms with van der Waals surface area (Å²) in [6.45, 7) is 1.20. The van der Waals surface area contributed by atoms with Crippen molar-refractivity contribution in [3.05, 3.63) is 82.0 Å². The maximum absolute atomic E-state index is 14.5. The fourth-order valence-corrected chi connectivity index (χ4v) is 3.93. The average molecular weight is 436 g/mol. The molecule has 2 aromatic rings. The predicted octanol–water partition coefficient (Wildman–Crippen LogP) is 3.92. The summed E-state index contributed by atoms with van der Waals surface area (Å²) in [6.07, 6.45) is 1.86. The Balaban J connectivity index is 1.41. The lowest BCUT2D eigenvalue weighted by Crippen LogP contribution is -2.23. The summed E-state index contributed by atoms with van der Waals surface area (Å²) in [5.41, 5.74) is 3.04. The van der Waals surface area contributed by atoms with Crippen molar-refractivity contribution in [2.45, 2.75) is 25.9 Å². The van der Waals surface area contributed by atoms with Gasteiger partial charge in [0.15, 0.2) is 17.7 Å². The second-order valence-electron chi connectivity index (χ2n) is 7.85. The quantitative estimate of drug-likeness (QED) is 0.708. The molecule has 0 spiro atoms. The van der Waals surface area contributed by atoms with E-state index >= 15 is 0 Å². The average Bonchev–Trinajstić information content (AvgIpc) is 2.75. The molecular formula is C25H21FO6. The van der Waals surface area contributed by atoms with E-state index in [0.717, 1.165) is 17.2 Å². The van der Waals surface area contributed by atoms with E-state index < -0.39 is 17.9 Å². The number of carboxylic acid groups (broad SMARTS) is 1. The third kappa shape index (κ3) is 4.32. The van der Waals surface area contributed by atoms with Crippen LogP contribution in [0.25, 0.3) is 0 Å². The van der Waals surface area contributed by atoms with Crippen molar-refractivity contribution in [3.8, 4) is 11.5 Å². The fourth-order valence-electron chi connectivity index (χ4n) is 3.93. The number of halogens is 1.